The van der Waals surface area contributed by atoms with Crippen molar-refractivity contribution in [3.63, 3.8) is 0 Å². The van der Waals surface area contributed by atoms with E-state index >= 15 is 0 Å². The van der Waals surface area contributed by atoms with E-state index in [1.54, 1.807) is 6.20 Å². The van der Waals surface area contributed by atoms with E-state index in [0.29, 0.717) is 5.92 Å². The van der Waals surface area contributed by atoms with Crippen LogP contribution in [0.3, 0.4) is 0 Å². The molecule has 1 aromatic heterocycles. The number of aliphatic hydroxyl groups is 1. The molecule has 3 unspecified atom stereocenters. The van der Waals surface area contributed by atoms with Crippen LogP contribution in [-0.2, 0) is 6.42 Å². The number of rotatable bonds is 4. The van der Waals surface area contributed by atoms with Gasteiger partial charge in [-0.3, -0.25) is 4.98 Å². The Morgan fingerprint density at radius 3 is 2.94 bits per heavy atom. The van der Waals surface area contributed by atoms with Gasteiger partial charge in [0.1, 0.15) is 0 Å². The Morgan fingerprint density at radius 1 is 1.39 bits per heavy atom. The highest BCUT2D eigenvalue weighted by molar-refractivity contribution is 5.22. The van der Waals surface area contributed by atoms with Gasteiger partial charge in [0.05, 0.1) is 11.8 Å². The highest BCUT2D eigenvalue weighted by Crippen LogP contribution is 2.38. The van der Waals surface area contributed by atoms with Crippen LogP contribution in [0.25, 0.3) is 0 Å². The van der Waals surface area contributed by atoms with Crippen molar-refractivity contribution >= 4 is 0 Å². The SMILES string of the molecule is CCc1cccnc1C(O)C1CCCC(CC)C1. The topological polar surface area (TPSA) is 33.1 Å². The Morgan fingerprint density at radius 2 is 2.22 bits per heavy atom. The predicted octanol–water partition coefficient (Wildman–Crippen LogP) is 3.89. The molecular weight excluding hydrogens is 222 g/mol. The van der Waals surface area contributed by atoms with Crippen molar-refractivity contribution in [2.75, 3.05) is 0 Å². The second kappa shape index (κ2) is 6.33. The third-order valence-corrected chi connectivity index (χ3v) is 4.43. The third kappa shape index (κ3) is 2.92. The zero-order valence-corrected chi connectivity index (χ0v) is 11.6. The van der Waals surface area contributed by atoms with Crippen LogP contribution in [0.15, 0.2) is 18.3 Å². The number of nitrogens with zero attached hydrogens (tertiary/aromatic N) is 1. The molecule has 0 aromatic carbocycles. The van der Waals surface area contributed by atoms with E-state index in [-0.39, 0.29) is 6.10 Å². The number of aromatic nitrogens is 1. The van der Waals surface area contributed by atoms with Gasteiger partial charge >= 0.3 is 0 Å². The zero-order valence-electron chi connectivity index (χ0n) is 11.6. The van der Waals surface area contributed by atoms with Gasteiger partial charge in [-0.05, 0) is 42.7 Å². The monoisotopic (exact) mass is 247 g/mol. The Bertz CT molecular complexity index is 377. The molecule has 1 aliphatic carbocycles. The van der Waals surface area contributed by atoms with E-state index in [2.05, 4.69) is 24.9 Å². The van der Waals surface area contributed by atoms with Gasteiger partial charge < -0.3 is 5.11 Å². The molecule has 2 nitrogen and oxygen atoms in total. The number of hydrogen-bond acceptors (Lipinski definition) is 2. The third-order valence-electron chi connectivity index (χ3n) is 4.43. The van der Waals surface area contributed by atoms with Gasteiger partial charge in [0, 0.05) is 6.20 Å². The van der Waals surface area contributed by atoms with Crippen LogP contribution in [0.1, 0.15) is 63.3 Å². The first kappa shape index (κ1) is 13.5. The molecule has 100 valence electrons. The molecule has 0 spiro atoms. The fourth-order valence-electron chi connectivity index (χ4n) is 3.23. The lowest BCUT2D eigenvalue weighted by atomic mass is 9.76. The summed E-state index contributed by atoms with van der Waals surface area (Å²) in [6.45, 7) is 4.39. The second-order valence-electron chi connectivity index (χ2n) is 5.55. The fourth-order valence-corrected chi connectivity index (χ4v) is 3.23. The minimum absolute atomic E-state index is 0.365. The average Bonchev–Trinajstić information content (AvgIpc) is 2.46. The minimum atomic E-state index is -0.365. The molecule has 1 saturated carbocycles. The number of aryl methyl sites for hydroxylation is 1. The molecule has 18 heavy (non-hydrogen) atoms. The highest BCUT2D eigenvalue weighted by atomic mass is 16.3. The van der Waals surface area contributed by atoms with E-state index in [1.807, 2.05) is 6.07 Å². The molecule has 2 heteroatoms. The van der Waals surface area contributed by atoms with E-state index in [9.17, 15) is 5.11 Å². The maximum atomic E-state index is 10.6. The van der Waals surface area contributed by atoms with E-state index in [4.69, 9.17) is 0 Å². The lowest BCUT2D eigenvalue weighted by Gasteiger charge is -2.32. The summed E-state index contributed by atoms with van der Waals surface area (Å²) in [6.07, 6.45) is 8.54. The summed E-state index contributed by atoms with van der Waals surface area (Å²) in [4.78, 5) is 4.43. The Labute approximate surface area is 110 Å². The molecule has 0 amide bonds. The van der Waals surface area contributed by atoms with Crippen molar-refractivity contribution < 1.29 is 5.11 Å². The quantitative estimate of drug-likeness (QED) is 0.875. The number of hydrogen-bond donors (Lipinski definition) is 1. The zero-order chi connectivity index (χ0) is 13.0. The standard InChI is InChI=1S/C16H25NO/c1-3-12-7-5-8-14(11-12)16(18)15-13(4-2)9-6-10-17-15/h6,9-10,12,14,16,18H,3-5,7-8,11H2,1-2H3. The van der Waals surface area contributed by atoms with Crippen LogP contribution >= 0.6 is 0 Å². The second-order valence-corrected chi connectivity index (χ2v) is 5.55. The maximum Gasteiger partial charge on any atom is 0.0990 e. The van der Waals surface area contributed by atoms with Gasteiger partial charge in [-0.1, -0.05) is 39.2 Å². The summed E-state index contributed by atoms with van der Waals surface area (Å²) < 4.78 is 0. The molecule has 0 saturated heterocycles. The molecule has 3 atom stereocenters. The first-order valence-electron chi connectivity index (χ1n) is 7.38. The first-order valence-corrected chi connectivity index (χ1v) is 7.38. The van der Waals surface area contributed by atoms with Crippen LogP contribution in [-0.4, -0.2) is 10.1 Å². The number of aliphatic hydroxyl groups excluding tert-OH is 1. The number of pyridine rings is 1. The summed E-state index contributed by atoms with van der Waals surface area (Å²) in [5, 5.41) is 10.6. The normalized spacial score (nSPS) is 25.9. The molecule has 1 aromatic rings. The van der Waals surface area contributed by atoms with Gasteiger partial charge in [0.15, 0.2) is 0 Å². The molecule has 2 rings (SSSR count). The van der Waals surface area contributed by atoms with Crippen molar-refractivity contribution in [3.8, 4) is 0 Å². The molecule has 0 radical (unpaired) electrons. The average molecular weight is 247 g/mol. The van der Waals surface area contributed by atoms with Crippen LogP contribution in [0.2, 0.25) is 0 Å². The van der Waals surface area contributed by atoms with E-state index in [0.717, 1.165) is 30.9 Å². The summed E-state index contributed by atoms with van der Waals surface area (Å²) in [5.74, 6) is 1.20. The maximum absolute atomic E-state index is 10.6. The molecule has 0 aliphatic heterocycles. The Balaban J connectivity index is 2.12. The van der Waals surface area contributed by atoms with Crippen molar-refractivity contribution in [1.82, 2.24) is 4.98 Å². The van der Waals surface area contributed by atoms with Gasteiger partial charge in [0.2, 0.25) is 0 Å². The van der Waals surface area contributed by atoms with Crippen LogP contribution in [0, 0.1) is 11.8 Å². The van der Waals surface area contributed by atoms with Crippen molar-refractivity contribution in [2.24, 2.45) is 11.8 Å². The molecule has 0 bridgehead atoms. The van der Waals surface area contributed by atoms with E-state index in [1.165, 1.54) is 24.8 Å². The largest absolute Gasteiger partial charge is 0.387 e. The smallest absolute Gasteiger partial charge is 0.0990 e. The van der Waals surface area contributed by atoms with Gasteiger partial charge in [-0.2, -0.15) is 0 Å². The Kier molecular flexibility index (Phi) is 4.76. The predicted molar refractivity (Wildman–Crippen MR) is 74.3 cm³/mol. The van der Waals surface area contributed by atoms with Crippen molar-refractivity contribution in [3.05, 3.63) is 29.6 Å². The summed E-state index contributed by atoms with van der Waals surface area (Å²) >= 11 is 0. The summed E-state index contributed by atoms with van der Waals surface area (Å²) in [7, 11) is 0. The van der Waals surface area contributed by atoms with Crippen LogP contribution < -0.4 is 0 Å². The van der Waals surface area contributed by atoms with Crippen molar-refractivity contribution in [2.45, 2.75) is 58.5 Å². The van der Waals surface area contributed by atoms with Gasteiger partial charge in [-0.15, -0.1) is 0 Å². The van der Waals surface area contributed by atoms with Gasteiger partial charge in [-0.25, -0.2) is 0 Å². The first-order chi connectivity index (χ1) is 8.76. The van der Waals surface area contributed by atoms with Crippen molar-refractivity contribution in [1.29, 1.82) is 0 Å². The summed E-state index contributed by atoms with van der Waals surface area (Å²) in [5.41, 5.74) is 2.12. The van der Waals surface area contributed by atoms with E-state index < -0.39 is 0 Å². The molecule has 1 fully saturated rings. The fraction of sp³-hybridized carbons (Fsp3) is 0.688. The highest BCUT2D eigenvalue weighted by Gasteiger charge is 2.29. The molecule has 1 heterocycles. The molecular formula is C16H25NO. The lowest BCUT2D eigenvalue weighted by Crippen LogP contribution is -2.22. The molecule has 1 aliphatic rings. The Hall–Kier alpha value is -0.890. The van der Waals surface area contributed by atoms with Gasteiger partial charge in [0.25, 0.3) is 0 Å². The van der Waals surface area contributed by atoms with Crippen LogP contribution in [0.4, 0.5) is 0 Å². The molecule has 1 N–H and O–H groups in total. The summed E-state index contributed by atoms with van der Waals surface area (Å²) in [6, 6.07) is 4.05. The minimum Gasteiger partial charge on any atom is -0.387 e. The lowest BCUT2D eigenvalue weighted by molar-refractivity contribution is 0.0638. The van der Waals surface area contributed by atoms with Crippen LogP contribution in [0.5, 0.6) is 0 Å².